The summed E-state index contributed by atoms with van der Waals surface area (Å²) < 4.78 is 0. The SMILES string of the molecule is CCC(CC)C1CN=C(NC(C)C(=O)NCC(C)C)S1. The molecule has 20 heavy (non-hydrogen) atoms. The van der Waals surface area contributed by atoms with Crippen molar-refractivity contribution >= 4 is 22.8 Å². The average Bonchev–Trinajstić information content (AvgIpc) is 2.85. The summed E-state index contributed by atoms with van der Waals surface area (Å²) in [6.07, 6.45) is 2.39. The van der Waals surface area contributed by atoms with Gasteiger partial charge in [0.15, 0.2) is 5.17 Å². The summed E-state index contributed by atoms with van der Waals surface area (Å²) in [7, 11) is 0. The third kappa shape index (κ3) is 5.35. The zero-order chi connectivity index (χ0) is 15.1. The van der Waals surface area contributed by atoms with Gasteiger partial charge in [-0.15, -0.1) is 0 Å². The highest BCUT2D eigenvalue weighted by Gasteiger charge is 2.27. The summed E-state index contributed by atoms with van der Waals surface area (Å²) in [5.41, 5.74) is 0. The van der Waals surface area contributed by atoms with Crippen molar-refractivity contribution in [2.75, 3.05) is 13.1 Å². The summed E-state index contributed by atoms with van der Waals surface area (Å²) in [6, 6.07) is -0.222. The van der Waals surface area contributed by atoms with Crippen LogP contribution in [0.15, 0.2) is 4.99 Å². The Morgan fingerprint density at radius 2 is 2.00 bits per heavy atom. The molecule has 0 radical (unpaired) electrons. The smallest absolute Gasteiger partial charge is 0.242 e. The third-order valence-corrected chi connectivity index (χ3v) is 4.98. The molecule has 1 rings (SSSR count). The van der Waals surface area contributed by atoms with Gasteiger partial charge in [-0.1, -0.05) is 52.3 Å². The van der Waals surface area contributed by atoms with Gasteiger partial charge < -0.3 is 10.6 Å². The number of aliphatic imine (C=N–C) groups is 1. The van der Waals surface area contributed by atoms with Crippen LogP contribution in [-0.4, -0.2) is 35.5 Å². The number of rotatable bonds is 7. The van der Waals surface area contributed by atoms with Crippen molar-refractivity contribution < 1.29 is 4.79 Å². The van der Waals surface area contributed by atoms with Gasteiger partial charge in [0.05, 0.1) is 6.54 Å². The van der Waals surface area contributed by atoms with Gasteiger partial charge in [0.2, 0.25) is 5.91 Å². The molecule has 1 amide bonds. The molecule has 0 saturated carbocycles. The number of hydrogen-bond donors (Lipinski definition) is 2. The van der Waals surface area contributed by atoms with E-state index in [1.54, 1.807) is 11.8 Å². The molecule has 2 N–H and O–H groups in total. The fourth-order valence-electron chi connectivity index (χ4n) is 2.24. The molecule has 5 heteroatoms. The maximum atomic E-state index is 11.9. The maximum Gasteiger partial charge on any atom is 0.242 e. The van der Waals surface area contributed by atoms with Crippen LogP contribution in [0.25, 0.3) is 0 Å². The van der Waals surface area contributed by atoms with E-state index >= 15 is 0 Å². The molecule has 1 heterocycles. The third-order valence-electron chi connectivity index (χ3n) is 3.67. The molecule has 0 saturated heterocycles. The van der Waals surface area contributed by atoms with E-state index < -0.39 is 0 Å². The molecular weight excluding hydrogens is 270 g/mol. The average molecular weight is 299 g/mol. The summed E-state index contributed by atoms with van der Waals surface area (Å²) in [5, 5.41) is 7.68. The molecule has 0 fully saturated rings. The second-order valence-corrected chi connectivity index (χ2v) is 7.11. The van der Waals surface area contributed by atoms with Crippen LogP contribution in [-0.2, 0) is 4.79 Å². The van der Waals surface area contributed by atoms with Crippen molar-refractivity contribution in [2.24, 2.45) is 16.8 Å². The molecule has 0 aromatic heterocycles. The molecule has 0 aromatic carbocycles. The van der Waals surface area contributed by atoms with Crippen LogP contribution in [0.3, 0.4) is 0 Å². The molecular formula is C15H29N3OS. The topological polar surface area (TPSA) is 53.5 Å². The number of carbonyl (C=O) groups excluding carboxylic acids is 1. The van der Waals surface area contributed by atoms with Crippen molar-refractivity contribution in [2.45, 2.75) is 58.8 Å². The van der Waals surface area contributed by atoms with E-state index in [1.807, 2.05) is 6.92 Å². The summed E-state index contributed by atoms with van der Waals surface area (Å²) >= 11 is 1.80. The number of nitrogens with zero attached hydrogens (tertiary/aromatic N) is 1. The number of thioether (sulfide) groups is 1. The first kappa shape index (κ1) is 17.3. The molecule has 2 atom stereocenters. The van der Waals surface area contributed by atoms with Crippen molar-refractivity contribution in [1.29, 1.82) is 0 Å². The standard InChI is InChI=1S/C15H29N3OS/c1-6-12(7-2)13-9-17-15(20-13)18-11(5)14(19)16-8-10(3)4/h10-13H,6-9H2,1-5H3,(H,16,19)(H,17,18). The van der Waals surface area contributed by atoms with Gasteiger partial charge in [-0.05, 0) is 18.8 Å². The Hall–Kier alpha value is -0.710. The minimum absolute atomic E-state index is 0.0491. The Kier molecular flexibility index (Phi) is 7.41. The minimum Gasteiger partial charge on any atom is -0.354 e. The van der Waals surface area contributed by atoms with Crippen molar-refractivity contribution in [3.63, 3.8) is 0 Å². The van der Waals surface area contributed by atoms with E-state index in [0.29, 0.717) is 17.1 Å². The Balaban J connectivity index is 2.36. The zero-order valence-electron chi connectivity index (χ0n) is 13.4. The van der Waals surface area contributed by atoms with Crippen LogP contribution < -0.4 is 10.6 Å². The quantitative estimate of drug-likeness (QED) is 0.760. The fraction of sp³-hybridized carbons (Fsp3) is 0.867. The molecule has 116 valence electrons. The van der Waals surface area contributed by atoms with Crippen molar-refractivity contribution in [3.8, 4) is 0 Å². The van der Waals surface area contributed by atoms with Crippen molar-refractivity contribution in [1.82, 2.24) is 10.6 Å². The second kappa shape index (κ2) is 8.55. The van der Waals surface area contributed by atoms with Gasteiger partial charge in [-0.3, -0.25) is 9.79 Å². The summed E-state index contributed by atoms with van der Waals surface area (Å²) in [6.45, 7) is 12.2. The molecule has 0 aromatic rings. The van der Waals surface area contributed by atoms with Crippen molar-refractivity contribution in [3.05, 3.63) is 0 Å². The lowest BCUT2D eigenvalue weighted by Gasteiger charge is -2.20. The van der Waals surface area contributed by atoms with Crippen LogP contribution in [0.4, 0.5) is 0 Å². The highest BCUT2D eigenvalue weighted by atomic mass is 32.2. The number of amides is 1. The lowest BCUT2D eigenvalue weighted by atomic mass is 9.99. The highest BCUT2D eigenvalue weighted by molar-refractivity contribution is 8.14. The highest BCUT2D eigenvalue weighted by Crippen LogP contribution is 2.30. The summed E-state index contributed by atoms with van der Waals surface area (Å²) in [5.74, 6) is 1.24. The van der Waals surface area contributed by atoms with Gasteiger partial charge in [0.25, 0.3) is 0 Å². The lowest BCUT2D eigenvalue weighted by Crippen LogP contribution is -2.44. The normalized spacial score (nSPS) is 20.1. The Labute approximate surface area is 127 Å². The van der Waals surface area contributed by atoms with Gasteiger partial charge >= 0.3 is 0 Å². The molecule has 4 nitrogen and oxygen atoms in total. The Bertz CT molecular complexity index is 340. The molecule has 0 aliphatic carbocycles. The van der Waals surface area contributed by atoms with E-state index in [0.717, 1.165) is 18.3 Å². The van der Waals surface area contributed by atoms with Gasteiger partial charge in [-0.2, -0.15) is 0 Å². The Morgan fingerprint density at radius 3 is 2.55 bits per heavy atom. The van der Waals surface area contributed by atoms with E-state index in [4.69, 9.17) is 0 Å². The number of amidine groups is 1. The zero-order valence-corrected chi connectivity index (χ0v) is 14.2. The Morgan fingerprint density at radius 1 is 1.35 bits per heavy atom. The maximum absolute atomic E-state index is 11.9. The number of hydrogen-bond acceptors (Lipinski definition) is 4. The first-order valence-electron chi connectivity index (χ1n) is 7.73. The monoisotopic (exact) mass is 299 g/mol. The molecule has 1 aliphatic heterocycles. The van der Waals surface area contributed by atoms with Gasteiger partial charge in [-0.25, -0.2) is 0 Å². The molecule has 2 unspecified atom stereocenters. The van der Waals surface area contributed by atoms with E-state index in [-0.39, 0.29) is 11.9 Å². The van der Waals surface area contributed by atoms with Crippen LogP contribution in [0.1, 0.15) is 47.5 Å². The van der Waals surface area contributed by atoms with Gasteiger partial charge in [0.1, 0.15) is 6.04 Å². The van der Waals surface area contributed by atoms with E-state index in [1.165, 1.54) is 12.8 Å². The predicted molar refractivity (Wildman–Crippen MR) is 88.2 cm³/mol. The molecule has 0 bridgehead atoms. The van der Waals surface area contributed by atoms with Crippen LogP contribution in [0, 0.1) is 11.8 Å². The lowest BCUT2D eigenvalue weighted by molar-refractivity contribution is -0.122. The second-order valence-electron chi connectivity index (χ2n) is 5.88. The predicted octanol–water partition coefficient (Wildman–Crippen LogP) is 2.64. The van der Waals surface area contributed by atoms with Crippen LogP contribution in [0.5, 0.6) is 0 Å². The van der Waals surface area contributed by atoms with Gasteiger partial charge in [0, 0.05) is 11.8 Å². The van der Waals surface area contributed by atoms with Crippen LogP contribution >= 0.6 is 11.8 Å². The molecule has 0 spiro atoms. The number of carbonyl (C=O) groups is 1. The van der Waals surface area contributed by atoms with Crippen LogP contribution in [0.2, 0.25) is 0 Å². The summed E-state index contributed by atoms with van der Waals surface area (Å²) in [4.78, 5) is 16.5. The van der Waals surface area contributed by atoms with E-state index in [9.17, 15) is 4.79 Å². The van der Waals surface area contributed by atoms with E-state index in [2.05, 4.69) is 43.3 Å². The fourth-order valence-corrected chi connectivity index (χ4v) is 3.65. The first-order valence-corrected chi connectivity index (χ1v) is 8.61. The first-order chi connectivity index (χ1) is 9.47. The minimum atomic E-state index is -0.222. The number of nitrogens with one attached hydrogen (secondary N) is 2. The largest absolute Gasteiger partial charge is 0.354 e. The molecule has 1 aliphatic rings.